The van der Waals surface area contributed by atoms with Crippen molar-refractivity contribution in [2.45, 2.75) is 52.2 Å². The van der Waals surface area contributed by atoms with Crippen LogP contribution in [0.1, 0.15) is 47.4 Å². The summed E-state index contributed by atoms with van der Waals surface area (Å²) in [5.74, 6) is 0.508. The Hall–Kier alpha value is -2.01. The molecule has 1 rings (SSSR count). The Morgan fingerprint density at radius 2 is 1.96 bits per heavy atom. The van der Waals surface area contributed by atoms with Crippen molar-refractivity contribution in [1.29, 1.82) is 5.26 Å². The van der Waals surface area contributed by atoms with Crippen LogP contribution in [0.4, 0.5) is 10.6 Å². The highest BCUT2D eigenvalue weighted by atomic mass is 32.2. The smallest absolute Gasteiger partial charge is 0.426 e. The van der Waals surface area contributed by atoms with Gasteiger partial charge in [0.05, 0.1) is 0 Å². The van der Waals surface area contributed by atoms with E-state index < -0.39 is 11.7 Å². The molecule has 0 aliphatic heterocycles. The molecule has 24 heavy (non-hydrogen) atoms. The largest absolute Gasteiger partial charge is 0.443 e. The van der Waals surface area contributed by atoms with Gasteiger partial charge in [-0.25, -0.2) is 15.2 Å². The summed E-state index contributed by atoms with van der Waals surface area (Å²) >= 11 is 1.40. The molecule has 1 amide bonds. The van der Waals surface area contributed by atoms with Crippen molar-refractivity contribution in [3.05, 3.63) is 11.9 Å². The molecule has 132 valence electrons. The summed E-state index contributed by atoms with van der Waals surface area (Å²) in [4.78, 5) is 20.5. The fourth-order valence-corrected chi connectivity index (χ4v) is 2.17. The van der Waals surface area contributed by atoms with E-state index in [1.165, 1.54) is 11.8 Å². The lowest BCUT2D eigenvalue weighted by Gasteiger charge is -2.31. The van der Waals surface area contributed by atoms with Crippen molar-refractivity contribution in [1.82, 2.24) is 15.4 Å². The number of carbonyl (C=O) groups is 1. The number of hydrazine groups is 1. The lowest BCUT2D eigenvalue weighted by Crippen LogP contribution is -2.48. The van der Waals surface area contributed by atoms with E-state index in [-0.39, 0.29) is 11.2 Å². The Morgan fingerprint density at radius 3 is 2.42 bits per heavy atom. The number of hydrogen-bond acceptors (Lipinski definition) is 7. The fourth-order valence-electron chi connectivity index (χ4n) is 1.77. The molecule has 0 spiro atoms. The Morgan fingerprint density at radius 1 is 1.33 bits per heavy atom. The van der Waals surface area contributed by atoms with Gasteiger partial charge in [0.2, 0.25) is 5.82 Å². The monoisotopic (exact) mass is 351 g/mol. The van der Waals surface area contributed by atoms with Crippen molar-refractivity contribution in [3.8, 4) is 6.07 Å². The molecule has 0 atom stereocenters. The molecule has 1 aromatic rings. The molecule has 7 nitrogen and oxygen atoms in total. The van der Waals surface area contributed by atoms with Crippen molar-refractivity contribution in [2.24, 2.45) is 5.41 Å². The van der Waals surface area contributed by atoms with Crippen LogP contribution in [0, 0.1) is 16.7 Å². The number of rotatable bonds is 4. The van der Waals surface area contributed by atoms with Crippen LogP contribution in [0.3, 0.4) is 0 Å². The van der Waals surface area contributed by atoms with E-state index >= 15 is 0 Å². The van der Waals surface area contributed by atoms with E-state index in [4.69, 9.17) is 10.00 Å². The third kappa shape index (κ3) is 7.04. The van der Waals surface area contributed by atoms with Crippen molar-refractivity contribution in [2.75, 3.05) is 17.8 Å². The molecule has 1 N–H and O–H groups in total. The molecular formula is C16H25N5O2S. The number of nitrogens with zero attached hydrogens (tertiary/aromatic N) is 4. The fraction of sp³-hybridized carbons (Fsp3) is 0.625. The van der Waals surface area contributed by atoms with E-state index in [1.807, 2.05) is 33.1 Å². The zero-order chi connectivity index (χ0) is 18.5. The first-order chi connectivity index (χ1) is 10.9. The maximum absolute atomic E-state index is 12.1. The van der Waals surface area contributed by atoms with Crippen molar-refractivity contribution >= 4 is 23.7 Å². The SMILES string of the molecule is CSc1cc(N(CC(C)(C)C)NC(=O)OC(C)(C)C)nc(C#N)n1. The number of amides is 1. The topological polar surface area (TPSA) is 91.1 Å². The molecule has 1 aromatic heterocycles. The van der Waals surface area contributed by atoms with Crippen LogP contribution >= 0.6 is 11.8 Å². The van der Waals surface area contributed by atoms with E-state index in [0.717, 1.165) is 0 Å². The Bertz CT molecular complexity index is 629. The van der Waals surface area contributed by atoms with Gasteiger partial charge in [-0.15, -0.1) is 11.8 Å². The van der Waals surface area contributed by atoms with Gasteiger partial charge in [-0.1, -0.05) is 20.8 Å². The minimum absolute atomic E-state index is 0.0572. The Labute approximate surface area is 147 Å². The van der Waals surface area contributed by atoms with Crippen LogP contribution < -0.4 is 10.4 Å². The van der Waals surface area contributed by atoms with Gasteiger partial charge in [0.15, 0.2) is 5.82 Å². The number of anilines is 1. The molecule has 0 radical (unpaired) electrons. The third-order valence-electron chi connectivity index (χ3n) is 2.53. The van der Waals surface area contributed by atoms with Gasteiger partial charge in [0.25, 0.3) is 0 Å². The molecular weight excluding hydrogens is 326 g/mol. The average molecular weight is 351 g/mol. The number of aromatic nitrogens is 2. The van der Waals surface area contributed by atoms with Crippen LogP contribution in [0.5, 0.6) is 0 Å². The first-order valence-corrected chi connectivity index (χ1v) is 8.76. The van der Waals surface area contributed by atoms with Gasteiger partial charge in [-0.05, 0) is 32.4 Å². The molecule has 0 unspecified atom stereocenters. The summed E-state index contributed by atoms with van der Waals surface area (Å²) in [5.41, 5.74) is 1.99. The van der Waals surface area contributed by atoms with Crippen LogP contribution in [0.2, 0.25) is 0 Å². The highest BCUT2D eigenvalue weighted by molar-refractivity contribution is 7.98. The summed E-state index contributed by atoms with van der Waals surface area (Å²) < 4.78 is 5.31. The first-order valence-electron chi connectivity index (χ1n) is 7.54. The van der Waals surface area contributed by atoms with E-state index in [1.54, 1.807) is 31.8 Å². The van der Waals surface area contributed by atoms with Crippen LogP contribution in [0.15, 0.2) is 11.1 Å². The second-order valence-corrected chi connectivity index (χ2v) is 8.29. The number of nitrogens with one attached hydrogen (secondary N) is 1. The lowest BCUT2D eigenvalue weighted by atomic mass is 9.97. The maximum atomic E-state index is 12.1. The molecule has 0 aliphatic rings. The quantitative estimate of drug-likeness (QED) is 0.505. The molecule has 1 heterocycles. The number of hydrogen-bond donors (Lipinski definition) is 1. The summed E-state index contributed by atoms with van der Waals surface area (Å²) in [6, 6.07) is 3.68. The predicted molar refractivity (Wildman–Crippen MR) is 94.7 cm³/mol. The minimum atomic E-state index is -0.606. The van der Waals surface area contributed by atoms with Crippen molar-refractivity contribution in [3.63, 3.8) is 0 Å². The number of nitriles is 1. The molecule has 0 fully saturated rings. The second kappa shape index (κ2) is 7.71. The summed E-state index contributed by atoms with van der Waals surface area (Å²) in [7, 11) is 0. The molecule has 0 saturated carbocycles. The van der Waals surface area contributed by atoms with Crippen LogP contribution in [-0.4, -0.2) is 34.5 Å². The Kier molecular flexibility index (Phi) is 6.43. The Balaban J connectivity index is 3.15. The van der Waals surface area contributed by atoms with Gasteiger partial charge in [-0.2, -0.15) is 10.2 Å². The molecule has 0 bridgehead atoms. The van der Waals surface area contributed by atoms with Gasteiger partial charge >= 0.3 is 6.09 Å². The standard InChI is InChI=1S/C16H25N5O2S/c1-15(2,3)10-21(20-14(22)23-16(4,5)6)12-8-13(24-7)19-11(9-17)18-12/h8H,10H2,1-7H3,(H,20,22). The molecule has 0 aromatic carbocycles. The van der Waals surface area contributed by atoms with Gasteiger partial charge in [0.1, 0.15) is 16.7 Å². The number of ether oxygens (including phenoxy) is 1. The van der Waals surface area contributed by atoms with E-state index in [0.29, 0.717) is 17.4 Å². The summed E-state index contributed by atoms with van der Waals surface area (Å²) in [6.45, 7) is 12.0. The predicted octanol–water partition coefficient (Wildman–Crippen LogP) is 3.36. The van der Waals surface area contributed by atoms with Crippen LogP contribution in [0.25, 0.3) is 0 Å². The molecule has 0 aliphatic carbocycles. The molecule has 8 heteroatoms. The minimum Gasteiger partial charge on any atom is -0.443 e. The molecule has 0 saturated heterocycles. The van der Waals surface area contributed by atoms with Gasteiger partial charge < -0.3 is 4.74 Å². The summed E-state index contributed by atoms with van der Waals surface area (Å²) in [5, 5.41) is 11.4. The highest BCUT2D eigenvalue weighted by Gasteiger charge is 2.24. The van der Waals surface area contributed by atoms with E-state index in [9.17, 15) is 4.79 Å². The van der Waals surface area contributed by atoms with Gasteiger partial charge in [-0.3, -0.25) is 5.01 Å². The maximum Gasteiger partial charge on any atom is 0.426 e. The highest BCUT2D eigenvalue weighted by Crippen LogP contribution is 2.22. The average Bonchev–Trinajstić information content (AvgIpc) is 2.42. The lowest BCUT2D eigenvalue weighted by molar-refractivity contribution is 0.0516. The van der Waals surface area contributed by atoms with Gasteiger partial charge in [0, 0.05) is 12.6 Å². The van der Waals surface area contributed by atoms with Crippen LogP contribution in [-0.2, 0) is 4.74 Å². The summed E-state index contributed by atoms with van der Waals surface area (Å²) in [6.07, 6.45) is 1.29. The number of carbonyl (C=O) groups excluding carboxylic acids is 1. The number of thioether (sulfide) groups is 1. The zero-order valence-corrected chi connectivity index (χ0v) is 16.1. The van der Waals surface area contributed by atoms with Crippen molar-refractivity contribution < 1.29 is 9.53 Å². The second-order valence-electron chi connectivity index (χ2n) is 7.46. The normalized spacial score (nSPS) is 11.6. The van der Waals surface area contributed by atoms with E-state index in [2.05, 4.69) is 15.4 Å². The zero-order valence-electron chi connectivity index (χ0n) is 15.3. The first kappa shape index (κ1) is 20.0. The third-order valence-corrected chi connectivity index (χ3v) is 3.16.